The van der Waals surface area contributed by atoms with Crippen LogP contribution < -0.4 is 5.59 Å². The Hall–Kier alpha value is -2.18. The Kier molecular flexibility index (Phi) is 5.43. The number of H-pyrrole nitrogens is 1. The quantitative estimate of drug-likeness (QED) is 0.648. The molecule has 2 N–H and O–H groups in total. The first-order valence-corrected chi connectivity index (χ1v) is 6.43. The van der Waals surface area contributed by atoms with Crippen molar-refractivity contribution < 1.29 is 0 Å². The molecule has 2 rings (SSSR count). The summed E-state index contributed by atoms with van der Waals surface area (Å²) in [6, 6.07) is 1.66. The molecule has 0 spiro atoms. The number of hydrogen-bond donors (Lipinski definition) is 2. The number of rotatable bonds is 3. The van der Waals surface area contributed by atoms with Crippen LogP contribution in [0, 0.1) is 12.3 Å². The van der Waals surface area contributed by atoms with Crippen LogP contribution in [0.3, 0.4) is 0 Å². The monoisotopic (exact) mass is 270 g/mol. The van der Waals surface area contributed by atoms with Crippen molar-refractivity contribution in [2.75, 3.05) is 0 Å². The maximum absolute atomic E-state index is 8.01. The number of nitrogens with one attached hydrogen (secondary N) is 2. The van der Waals surface area contributed by atoms with Gasteiger partial charge in [0.2, 0.25) is 0 Å². The molecule has 0 unspecified atom stereocenters. The molecular formula is C13H19BN6. The van der Waals surface area contributed by atoms with Gasteiger partial charge in [0.15, 0.2) is 5.82 Å². The predicted octanol–water partition coefficient (Wildman–Crippen LogP) is 1.14. The molecule has 0 amide bonds. The highest BCUT2D eigenvalue weighted by molar-refractivity contribution is 6.31. The fourth-order valence-corrected chi connectivity index (χ4v) is 1.62. The van der Waals surface area contributed by atoms with Gasteiger partial charge in [-0.3, -0.25) is 15.2 Å². The molecule has 2 aromatic rings. The van der Waals surface area contributed by atoms with Crippen LogP contribution in [0.1, 0.15) is 38.1 Å². The summed E-state index contributed by atoms with van der Waals surface area (Å²) < 4.78 is 1.57. The first kappa shape index (κ1) is 15.9. The van der Waals surface area contributed by atoms with E-state index < -0.39 is 0 Å². The fourth-order valence-electron chi connectivity index (χ4n) is 1.62. The molecule has 0 aromatic carbocycles. The molecule has 20 heavy (non-hydrogen) atoms. The van der Waals surface area contributed by atoms with Crippen molar-refractivity contribution in [1.82, 2.24) is 25.0 Å². The summed E-state index contributed by atoms with van der Waals surface area (Å²) in [5.74, 6) is 1.33. The maximum Gasteiger partial charge on any atom is 0.176 e. The van der Waals surface area contributed by atoms with E-state index in [0.29, 0.717) is 22.8 Å². The number of nitrogens with zero attached hydrogens (tertiary/aromatic N) is 4. The molecule has 2 heterocycles. The van der Waals surface area contributed by atoms with E-state index in [0.717, 1.165) is 11.4 Å². The molecule has 0 aliphatic heterocycles. The molecule has 0 fully saturated rings. The van der Waals surface area contributed by atoms with Crippen LogP contribution in [0.4, 0.5) is 0 Å². The summed E-state index contributed by atoms with van der Waals surface area (Å²) in [5.41, 5.74) is 2.18. The fraction of sp³-hybridized carbons (Fsp3) is 0.385. The molecule has 0 saturated carbocycles. The van der Waals surface area contributed by atoms with Crippen molar-refractivity contribution in [3.05, 3.63) is 29.5 Å². The Morgan fingerprint density at radius 2 is 2.10 bits per heavy atom. The minimum Gasteiger partial charge on any atom is -0.299 e. The van der Waals surface area contributed by atoms with Crippen LogP contribution in [-0.4, -0.2) is 38.5 Å². The van der Waals surface area contributed by atoms with E-state index in [1.165, 1.54) is 0 Å². The Morgan fingerprint density at radius 1 is 1.45 bits per heavy atom. The van der Waals surface area contributed by atoms with Crippen molar-refractivity contribution in [1.29, 1.82) is 5.41 Å². The van der Waals surface area contributed by atoms with Gasteiger partial charge in [-0.05, 0) is 31.6 Å². The van der Waals surface area contributed by atoms with E-state index in [-0.39, 0.29) is 0 Å². The van der Waals surface area contributed by atoms with Crippen molar-refractivity contribution in [3.63, 3.8) is 0 Å². The summed E-state index contributed by atoms with van der Waals surface area (Å²) in [6.07, 6.45) is 1.69. The molecule has 0 atom stereocenters. The first-order valence-electron chi connectivity index (χ1n) is 6.43. The molecule has 0 saturated heterocycles. The van der Waals surface area contributed by atoms with Crippen LogP contribution in [0.15, 0.2) is 12.1 Å². The Labute approximate surface area is 120 Å². The molecule has 7 heteroatoms. The second kappa shape index (κ2) is 6.84. The van der Waals surface area contributed by atoms with Crippen molar-refractivity contribution >= 4 is 24.7 Å². The highest BCUT2D eigenvalue weighted by Crippen LogP contribution is 2.09. The summed E-state index contributed by atoms with van der Waals surface area (Å²) >= 11 is 0. The van der Waals surface area contributed by atoms with Crippen LogP contribution in [-0.2, 0) is 7.05 Å². The topological polar surface area (TPSA) is 83.2 Å². The second-order valence-electron chi connectivity index (χ2n) is 4.06. The third-order valence-corrected chi connectivity index (χ3v) is 2.49. The van der Waals surface area contributed by atoms with Gasteiger partial charge in [-0.25, -0.2) is 4.98 Å². The average Bonchev–Trinajstić information content (AvgIpc) is 2.98. The molecule has 0 aliphatic rings. The third-order valence-electron chi connectivity index (χ3n) is 2.49. The number of aromatic amines is 1. The Bertz CT molecular complexity index is 623. The minimum absolute atomic E-state index is 0.321. The normalized spacial score (nSPS) is 10.9. The van der Waals surface area contributed by atoms with Crippen molar-refractivity contribution in [3.8, 4) is 0 Å². The lowest BCUT2D eigenvalue weighted by atomic mass is 10.0. The van der Waals surface area contributed by atoms with Crippen molar-refractivity contribution in [2.45, 2.75) is 27.7 Å². The zero-order valence-corrected chi connectivity index (χ0v) is 12.5. The standard InChI is InChI=1S/C11H13BN6.C2H6/c1-6(11-14-7(2)15-16-11)4-8(13)9-5-10(12)17-18(9)3;1-2/h4-5,13H,1-3H3,(H,14,15,16);1-2H3/b6-4-,13-8?;. The SMILES string of the molecule is CC.[B]c1cc(C(=N)/C=C(/C)c2n[nH]c(C)n2)n(C)n1. The number of allylic oxidation sites excluding steroid dienone is 2. The zero-order valence-electron chi connectivity index (χ0n) is 12.5. The van der Waals surface area contributed by atoms with Gasteiger partial charge in [0, 0.05) is 12.6 Å². The predicted molar refractivity (Wildman–Crippen MR) is 81.5 cm³/mol. The lowest BCUT2D eigenvalue weighted by Gasteiger charge is -2.00. The van der Waals surface area contributed by atoms with Gasteiger partial charge in [-0.1, -0.05) is 13.8 Å². The van der Waals surface area contributed by atoms with Gasteiger partial charge in [-0.15, -0.1) is 0 Å². The molecule has 2 aromatic heterocycles. The maximum atomic E-state index is 8.01. The van der Waals surface area contributed by atoms with Crippen LogP contribution in [0.2, 0.25) is 0 Å². The van der Waals surface area contributed by atoms with Gasteiger partial charge in [0.1, 0.15) is 13.7 Å². The minimum atomic E-state index is 0.321. The van der Waals surface area contributed by atoms with Crippen LogP contribution in [0.25, 0.3) is 5.57 Å². The van der Waals surface area contributed by atoms with Crippen molar-refractivity contribution in [2.24, 2.45) is 7.05 Å². The van der Waals surface area contributed by atoms with Gasteiger partial charge in [-0.2, -0.15) is 10.2 Å². The third kappa shape index (κ3) is 3.66. The smallest absolute Gasteiger partial charge is 0.176 e. The second-order valence-corrected chi connectivity index (χ2v) is 4.06. The molecule has 2 radical (unpaired) electrons. The van der Waals surface area contributed by atoms with Gasteiger partial charge in [0.05, 0.1) is 11.4 Å². The molecule has 0 aliphatic carbocycles. The summed E-state index contributed by atoms with van der Waals surface area (Å²) in [5, 5.41) is 18.8. The summed E-state index contributed by atoms with van der Waals surface area (Å²) in [7, 11) is 7.33. The summed E-state index contributed by atoms with van der Waals surface area (Å²) in [4.78, 5) is 4.21. The zero-order chi connectivity index (χ0) is 15.3. The number of aromatic nitrogens is 5. The van der Waals surface area contributed by atoms with E-state index in [4.69, 9.17) is 13.3 Å². The molecular weight excluding hydrogens is 251 g/mol. The van der Waals surface area contributed by atoms with Gasteiger partial charge in [0.25, 0.3) is 0 Å². The highest BCUT2D eigenvalue weighted by atomic mass is 15.3. The number of aryl methyl sites for hydroxylation is 2. The molecule has 0 bridgehead atoms. The average molecular weight is 270 g/mol. The largest absolute Gasteiger partial charge is 0.299 e. The lowest BCUT2D eigenvalue weighted by Crippen LogP contribution is -2.06. The van der Waals surface area contributed by atoms with Gasteiger partial charge < -0.3 is 0 Å². The molecule has 6 nitrogen and oxygen atoms in total. The van der Waals surface area contributed by atoms with Crippen LogP contribution >= 0.6 is 0 Å². The molecule has 104 valence electrons. The van der Waals surface area contributed by atoms with Gasteiger partial charge >= 0.3 is 0 Å². The highest BCUT2D eigenvalue weighted by Gasteiger charge is 2.08. The van der Waals surface area contributed by atoms with E-state index >= 15 is 0 Å². The van der Waals surface area contributed by atoms with Crippen LogP contribution in [0.5, 0.6) is 0 Å². The Morgan fingerprint density at radius 3 is 2.55 bits per heavy atom. The van der Waals surface area contributed by atoms with E-state index in [2.05, 4.69) is 20.3 Å². The van der Waals surface area contributed by atoms with E-state index in [1.54, 1.807) is 23.9 Å². The van der Waals surface area contributed by atoms with E-state index in [9.17, 15) is 0 Å². The number of hydrogen-bond acceptors (Lipinski definition) is 4. The van der Waals surface area contributed by atoms with E-state index in [1.807, 2.05) is 27.7 Å². The first-order chi connectivity index (χ1) is 9.47. The lowest BCUT2D eigenvalue weighted by molar-refractivity contribution is 0.767. The Balaban J connectivity index is 0.000000956. The summed E-state index contributed by atoms with van der Waals surface area (Å²) in [6.45, 7) is 7.69.